The van der Waals surface area contributed by atoms with Gasteiger partial charge in [0.2, 0.25) is 23.6 Å². The normalized spacial score (nSPS) is 14.1. The molecule has 0 fully saturated rings. The van der Waals surface area contributed by atoms with E-state index in [4.69, 9.17) is 28.7 Å². The number of hydrogen-bond donors (Lipinski definition) is 9. The third kappa shape index (κ3) is 13.4. The van der Waals surface area contributed by atoms with E-state index < -0.39 is 66.1 Å². The zero-order valence-electron chi connectivity index (χ0n) is 20.9. The second kappa shape index (κ2) is 17.0. The van der Waals surface area contributed by atoms with Crippen molar-refractivity contribution < 1.29 is 29.1 Å². The fourth-order valence-electron chi connectivity index (χ4n) is 3.14. The van der Waals surface area contributed by atoms with Crippen LogP contribution in [0.5, 0.6) is 0 Å². The average Bonchev–Trinajstić information content (AvgIpc) is 2.77. The molecule has 0 heterocycles. The first-order valence-electron chi connectivity index (χ1n) is 11.7. The molecule has 0 saturated carbocycles. The minimum Gasteiger partial charge on any atom is -0.480 e. The summed E-state index contributed by atoms with van der Waals surface area (Å²) >= 11 is 0. The molecule has 4 atom stereocenters. The van der Waals surface area contributed by atoms with Gasteiger partial charge in [-0.3, -0.25) is 24.2 Å². The average molecular weight is 516 g/mol. The van der Waals surface area contributed by atoms with E-state index in [0.717, 1.165) is 0 Å². The molecule has 0 spiro atoms. The molecule has 0 aliphatic heterocycles. The van der Waals surface area contributed by atoms with Gasteiger partial charge in [0, 0.05) is 6.54 Å². The van der Waals surface area contributed by atoms with Crippen LogP contribution in [0.3, 0.4) is 0 Å². The number of primary amides is 1. The van der Waals surface area contributed by atoms with E-state index in [0.29, 0.717) is 32.2 Å². The van der Waals surface area contributed by atoms with E-state index in [1.165, 1.54) is 0 Å². The number of carbonyl (C=O) groups is 5. The highest BCUT2D eigenvalue weighted by molar-refractivity contribution is 5.95. The fourth-order valence-corrected chi connectivity index (χ4v) is 3.14. The fraction of sp³-hybridized carbons (Fsp3) is 0.714. The van der Waals surface area contributed by atoms with E-state index in [-0.39, 0.29) is 18.9 Å². The summed E-state index contributed by atoms with van der Waals surface area (Å²) in [6.07, 6.45) is 1.55. The van der Waals surface area contributed by atoms with Crippen LogP contribution in [0, 0.1) is 5.92 Å². The van der Waals surface area contributed by atoms with Crippen LogP contribution in [-0.2, 0) is 24.0 Å². The van der Waals surface area contributed by atoms with Gasteiger partial charge in [-0.25, -0.2) is 4.79 Å². The number of aliphatic carboxylic acids is 1. The first-order chi connectivity index (χ1) is 16.8. The number of carbonyl (C=O) groups excluding carboxylic acids is 4. The van der Waals surface area contributed by atoms with Gasteiger partial charge in [-0.05, 0) is 38.1 Å². The minimum absolute atomic E-state index is 0.123. The van der Waals surface area contributed by atoms with Crippen molar-refractivity contribution in [1.29, 1.82) is 0 Å². The molecule has 4 unspecified atom stereocenters. The molecule has 0 aliphatic carbocycles. The Labute approximate surface area is 210 Å². The lowest BCUT2D eigenvalue weighted by atomic mass is 10.0. The van der Waals surface area contributed by atoms with Crippen LogP contribution in [0.25, 0.3) is 0 Å². The maximum atomic E-state index is 13.1. The third-order valence-corrected chi connectivity index (χ3v) is 5.15. The molecule has 0 aromatic carbocycles. The van der Waals surface area contributed by atoms with Gasteiger partial charge in [0.05, 0.1) is 12.5 Å². The Bertz CT molecular complexity index is 786. The number of carboxylic acids is 1. The smallest absolute Gasteiger partial charge is 0.326 e. The minimum atomic E-state index is -1.56. The summed E-state index contributed by atoms with van der Waals surface area (Å²) in [4.78, 5) is 64.7. The lowest BCUT2D eigenvalue weighted by Crippen LogP contribution is -2.58. The van der Waals surface area contributed by atoms with Gasteiger partial charge >= 0.3 is 5.97 Å². The van der Waals surface area contributed by atoms with Gasteiger partial charge in [-0.2, -0.15) is 0 Å². The number of nitrogens with zero attached hydrogens (tertiary/aromatic N) is 1. The van der Waals surface area contributed by atoms with Crippen molar-refractivity contribution in [2.24, 2.45) is 39.6 Å². The lowest BCUT2D eigenvalue weighted by Gasteiger charge is -2.27. The summed E-state index contributed by atoms with van der Waals surface area (Å²) in [6, 6.07) is -4.65. The number of rotatable bonds is 18. The summed E-state index contributed by atoms with van der Waals surface area (Å²) in [7, 11) is 0. The summed E-state index contributed by atoms with van der Waals surface area (Å²) in [5.74, 6) is -5.01. The lowest BCUT2D eigenvalue weighted by molar-refractivity contribution is -0.144. The molecule has 14 N–H and O–H groups in total. The molecule has 0 saturated heterocycles. The first-order valence-corrected chi connectivity index (χ1v) is 11.7. The molecule has 15 heteroatoms. The van der Waals surface area contributed by atoms with Gasteiger partial charge in [0.25, 0.3) is 0 Å². The zero-order chi connectivity index (χ0) is 27.8. The van der Waals surface area contributed by atoms with Gasteiger partial charge in [0.1, 0.15) is 18.1 Å². The van der Waals surface area contributed by atoms with Crippen LogP contribution in [-0.4, -0.2) is 77.9 Å². The van der Waals surface area contributed by atoms with Crippen LogP contribution in [0.4, 0.5) is 0 Å². The van der Waals surface area contributed by atoms with E-state index in [9.17, 15) is 29.1 Å². The van der Waals surface area contributed by atoms with E-state index in [1.807, 2.05) is 0 Å². The molecule has 15 nitrogen and oxygen atoms in total. The summed E-state index contributed by atoms with van der Waals surface area (Å²) < 4.78 is 0. The maximum Gasteiger partial charge on any atom is 0.326 e. The highest BCUT2D eigenvalue weighted by atomic mass is 16.4. The van der Waals surface area contributed by atoms with Gasteiger partial charge < -0.3 is 49.7 Å². The van der Waals surface area contributed by atoms with Crippen LogP contribution in [0.2, 0.25) is 0 Å². The largest absolute Gasteiger partial charge is 0.480 e. The molecule has 0 radical (unpaired) electrons. The quantitative estimate of drug-likeness (QED) is 0.0494. The van der Waals surface area contributed by atoms with E-state index >= 15 is 0 Å². The second-order valence-electron chi connectivity index (χ2n) is 8.70. The maximum absolute atomic E-state index is 13.1. The highest BCUT2D eigenvalue weighted by Gasteiger charge is 2.32. The molecule has 36 heavy (non-hydrogen) atoms. The SMILES string of the molecule is CC(C)C(NC(=O)C(CCCN=C(N)N)NC(=O)C(N)CCCCN)C(=O)NC(CC(N)=O)C(=O)O. The van der Waals surface area contributed by atoms with Crippen LogP contribution >= 0.6 is 0 Å². The van der Waals surface area contributed by atoms with Crippen molar-refractivity contribution in [3.8, 4) is 0 Å². The Balaban J connectivity index is 5.50. The number of hydrogen-bond acceptors (Lipinski definition) is 8. The molecule has 0 aliphatic rings. The standard InChI is InChI=1S/C21H41N9O6/c1-11(2)16(19(34)29-14(20(35)36)10-15(24)31)30-18(33)13(7-5-9-27-21(25)26)28-17(32)12(23)6-3-4-8-22/h11-14,16H,3-10,22-23H2,1-2H3,(H2,24,31)(H,28,32)(H,29,34)(H,30,33)(H,35,36)(H4,25,26,27). The van der Waals surface area contributed by atoms with Gasteiger partial charge in [-0.15, -0.1) is 0 Å². The predicted octanol–water partition coefficient (Wildman–Crippen LogP) is -3.43. The summed E-state index contributed by atoms with van der Waals surface area (Å²) in [5, 5.41) is 16.6. The second-order valence-corrected chi connectivity index (χ2v) is 8.70. The van der Waals surface area contributed by atoms with Crippen LogP contribution in [0.1, 0.15) is 52.4 Å². The number of guanidine groups is 1. The zero-order valence-corrected chi connectivity index (χ0v) is 20.9. The van der Waals surface area contributed by atoms with E-state index in [2.05, 4.69) is 20.9 Å². The monoisotopic (exact) mass is 515 g/mol. The molecule has 206 valence electrons. The Morgan fingerprint density at radius 3 is 1.94 bits per heavy atom. The highest BCUT2D eigenvalue weighted by Crippen LogP contribution is 2.07. The first kappa shape index (κ1) is 32.5. The van der Waals surface area contributed by atoms with Crippen molar-refractivity contribution in [3.63, 3.8) is 0 Å². The molecular weight excluding hydrogens is 474 g/mol. The number of amides is 4. The Kier molecular flexibility index (Phi) is 15.4. The van der Waals surface area contributed by atoms with Crippen molar-refractivity contribution in [2.75, 3.05) is 13.1 Å². The van der Waals surface area contributed by atoms with Crippen LogP contribution in [0.15, 0.2) is 4.99 Å². The number of aliphatic imine (C=N–C) groups is 1. The van der Waals surface area contributed by atoms with Gasteiger partial charge in [0.15, 0.2) is 5.96 Å². The molecular formula is C21H41N9O6. The number of unbranched alkanes of at least 4 members (excludes halogenated alkanes) is 1. The topological polar surface area (TPSA) is 284 Å². The molecule has 0 rings (SSSR count). The van der Waals surface area contributed by atoms with Crippen molar-refractivity contribution in [1.82, 2.24) is 16.0 Å². The number of nitrogens with one attached hydrogen (secondary N) is 3. The van der Waals surface area contributed by atoms with Crippen molar-refractivity contribution in [3.05, 3.63) is 0 Å². The Morgan fingerprint density at radius 2 is 1.44 bits per heavy atom. The molecule has 4 amide bonds. The molecule has 0 aromatic rings. The van der Waals surface area contributed by atoms with Crippen molar-refractivity contribution >= 4 is 35.6 Å². The number of carboxylic acid groups (broad SMARTS) is 1. The Morgan fingerprint density at radius 1 is 0.833 bits per heavy atom. The van der Waals surface area contributed by atoms with E-state index in [1.54, 1.807) is 13.8 Å². The summed E-state index contributed by atoms with van der Waals surface area (Å²) in [6.45, 7) is 3.93. The Hall–Kier alpha value is -3.46. The summed E-state index contributed by atoms with van der Waals surface area (Å²) in [5.41, 5.74) is 27.0. The predicted molar refractivity (Wildman–Crippen MR) is 133 cm³/mol. The molecule has 0 bridgehead atoms. The van der Waals surface area contributed by atoms with Gasteiger partial charge in [-0.1, -0.05) is 20.3 Å². The molecule has 0 aromatic heterocycles. The van der Waals surface area contributed by atoms with Crippen molar-refractivity contribution in [2.45, 2.75) is 76.5 Å². The van der Waals surface area contributed by atoms with Crippen LogP contribution < -0.4 is 44.6 Å². The number of nitrogens with two attached hydrogens (primary N) is 5. The third-order valence-electron chi connectivity index (χ3n) is 5.15.